The van der Waals surface area contributed by atoms with Crippen molar-refractivity contribution in [1.29, 1.82) is 0 Å². The zero-order valence-corrected chi connectivity index (χ0v) is 9.75. The van der Waals surface area contributed by atoms with Gasteiger partial charge >= 0.3 is 0 Å². The van der Waals surface area contributed by atoms with Crippen molar-refractivity contribution in [3.63, 3.8) is 0 Å². The normalized spacial score (nSPS) is 12.6. The van der Waals surface area contributed by atoms with Gasteiger partial charge in [-0.2, -0.15) is 0 Å². The first-order chi connectivity index (χ1) is 6.71. The van der Waals surface area contributed by atoms with Crippen molar-refractivity contribution >= 4 is 5.91 Å². The van der Waals surface area contributed by atoms with Gasteiger partial charge in [0.15, 0.2) is 0 Å². The van der Waals surface area contributed by atoms with E-state index >= 15 is 0 Å². The molecule has 14 heavy (non-hydrogen) atoms. The van der Waals surface area contributed by atoms with Gasteiger partial charge in [0.2, 0.25) is 5.91 Å². The summed E-state index contributed by atoms with van der Waals surface area (Å²) in [6, 6.07) is 0. The Morgan fingerprint density at radius 3 is 2.29 bits per heavy atom. The Kier molecular flexibility index (Phi) is 7.48. The average molecular weight is 200 g/mol. The molecule has 0 bridgehead atoms. The van der Waals surface area contributed by atoms with E-state index in [1.807, 2.05) is 11.8 Å². The predicted octanol–water partition coefficient (Wildman–Crippen LogP) is 1.62. The molecule has 3 heteroatoms. The minimum Gasteiger partial charge on any atom is -0.343 e. The van der Waals surface area contributed by atoms with E-state index in [4.69, 9.17) is 5.73 Å². The van der Waals surface area contributed by atoms with E-state index in [1.54, 1.807) is 0 Å². The second-order valence-electron chi connectivity index (χ2n) is 3.64. The number of nitrogens with two attached hydrogens (primary N) is 1. The van der Waals surface area contributed by atoms with Crippen molar-refractivity contribution in [2.45, 2.75) is 40.0 Å². The van der Waals surface area contributed by atoms with Gasteiger partial charge in [-0.05, 0) is 19.8 Å². The maximum absolute atomic E-state index is 11.9. The molecule has 84 valence electrons. The summed E-state index contributed by atoms with van der Waals surface area (Å²) in [6.45, 7) is 8.33. The molecule has 0 aliphatic rings. The third kappa shape index (κ3) is 4.09. The van der Waals surface area contributed by atoms with Crippen LogP contribution in [-0.4, -0.2) is 30.4 Å². The summed E-state index contributed by atoms with van der Waals surface area (Å²) in [5, 5.41) is 0. The lowest BCUT2D eigenvalue weighted by molar-refractivity contribution is -0.135. The number of carbonyl (C=O) groups is 1. The monoisotopic (exact) mass is 200 g/mol. The molecule has 0 saturated heterocycles. The van der Waals surface area contributed by atoms with Gasteiger partial charge in [0.1, 0.15) is 0 Å². The maximum atomic E-state index is 11.9. The zero-order chi connectivity index (χ0) is 11.0. The molecule has 3 nitrogen and oxygen atoms in total. The van der Waals surface area contributed by atoms with Crippen LogP contribution in [0.5, 0.6) is 0 Å². The summed E-state index contributed by atoms with van der Waals surface area (Å²) in [4.78, 5) is 13.8. The zero-order valence-electron chi connectivity index (χ0n) is 9.75. The van der Waals surface area contributed by atoms with Gasteiger partial charge in [0, 0.05) is 19.6 Å². The maximum Gasteiger partial charge on any atom is 0.226 e. The molecule has 0 saturated carbocycles. The summed E-state index contributed by atoms with van der Waals surface area (Å²) in [7, 11) is 0. The lowest BCUT2D eigenvalue weighted by Gasteiger charge is -2.25. The number of hydrogen-bond acceptors (Lipinski definition) is 2. The molecular formula is C11H24N2O. The van der Waals surface area contributed by atoms with Crippen molar-refractivity contribution in [2.24, 2.45) is 11.7 Å². The van der Waals surface area contributed by atoms with Crippen molar-refractivity contribution in [3.05, 3.63) is 0 Å². The quantitative estimate of drug-likeness (QED) is 0.679. The van der Waals surface area contributed by atoms with E-state index in [0.717, 1.165) is 32.4 Å². The highest BCUT2D eigenvalue weighted by molar-refractivity contribution is 5.79. The Balaban J connectivity index is 4.21. The fraction of sp³-hybridized carbons (Fsp3) is 0.909. The van der Waals surface area contributed by atoms with Crippen LogP contribution in [0.2, 0.25) is 0 Å². The molecule has 0 aliphatic carbocycles. The van der Waals surface area contributed by atoms with Gasteiger partial charge in [-0.1, -0.05) is 20.3 Å². The van der Waals surface area contributed by atoms with Crippen LogP contribution in [0.4, 0.5) is 0 Å². The van der Waals surface area contributed by atoms with Crippen LogP contribution in [0.1, 0.15) is 40.0 Å². The molecule has 1 amide bonds. The smallest absolute Gasteiger partial charge is 0.226 e. The Morgan fingerprint density at radius 1 is 1.29 bits per heavy atom. The third-order valence-electron chi connectivity index (χ3n) is 2.46. The molecule has 0 aromatic heterocycles. The SMILES string of the molecule is CCCC(CN)C(=O)N(CC)CCC. The first kappa shape index (κ1) is 13.4. The number of amides is 1. The lowest BCUT2D eigenvalue weighted by atomic mass is 10.0. The summed E-state index contributed by atoms with van der Waals surface area (Å²) in [5.74, 6) is 0.269. The molecular weight excluding hydrogens is 176 g/mol. The second kappa shape index (κ2) is 7.80. The Morgan fingerprint density at radius 2 is 1.93 bits per heavy atom. The second-order valence-corrected chi connectivity index (χ2v) is 3.64. The van der Waals surface area contributed by atoms with E-state index in [9.17, 15) is 4.79 Å². The van der Waals surface area contributed by atoms with Crippen LogP contribution >= 0.6 is 0 Å². The molecule has 1 unspecified atom stereocenters. The summed E-state index contributed by atoms with van der Waals surface area (Å²) in [6.07, 6.45) is 2.95. The molecule has 0 heterocycles. The largest absolute Gasteiger partial charge is 0.343 e. The summed E-state index contributed by atoms with van der Waals surface area (Å²) >= 11 is 0. The minimum absolute atomic E-state index is 0.0338. The Bertz CT molecular complexity index is 143. The Labute approximate surface area is 87.6 Å². The number of carbonyl (C=O) groups excluding carboxylic acids is 1. The van der Waals surface area contributed by atoms with Gasteiger partial charge in [-0.25, -0.2) is 0 Å². The third-order valence-corrected chi connectivity index (χ3v) is 2.46. The fourth-order valence-electron chi connectivity index (χ4n) is 1.64. The van der Waals surface area contributed by atoms with Crippen molar-refractivity contribution in [1.82, 2.24) is 4.90 Å². The van der Waals surface area contributed by atoms with Gasteiger partial charge in [0.05, 0.1) is 5.92 Å². The first-order valence-electron chi connectivity index (χ1n) is 5.69. The van der Waals surface area contributed by atoms with Crippen molar-refractivity contribution < 1.29 is 4.79 Å². The van der Waals surface area contributed by atoms with Crippen molar-refractivity contribution in [2.75, 3.05) is 19.6 Å². The van der Waals surface area contributed by atoms with Gasteiger partial charge < -0.3 is 10.6 Å². The summed E-state index contributed by atoms with van der Waals surface area (Å²) in [5.41, 5.74) is 5.60. The van der Waals surface area contributed by atoms with Crippen LogP contribution in [0.25, 0.3) is 0 Å². The molecule has 0 aromatic carbocycles. The first-order valence-corrected chi connectivity index (χ1v) is 5.69. The van der Waals surface area contributed by atoms with Crippen LogP contribution in [-0.2, 0) is 4.79 Å². The van der Waals surface area contributed by atoms with E-state index in [1.165, 1.54) is 0 Å². The highest BCUT2D eigenvalue weighted by Gasteiger charge is 2.20. The van der Waals surface area contributed by atoms with Crippen LogP contribution in [0.15, 0.2) is 0 Å². The summed E-state index contributed by atoms with van der Waals surface area (Å²) < 4.78 is 0. The van der Waals surface area contributed by atoms with Gasteiger partial charge in [-0.3, -0.25) is 4.79 Å². The van der Waals surface area contributed by atoms with E-state index in [0.29, 0.717) is 6.54 Å². The molecule has 1 atom stereocenters. The van der Waals surface area contributed by atoms with Crippen molar-refractivity contribution in [3.8, 4) is 0 Å². The molecule has 0 rings (SSSR count). The van der Waals surface area contributed by atoms with Crippen LogP contribution < -0.4 is 5.73 Å². The Hall–Kier alpha value is -0.570. The number of nitrogens with zero attached hydrogens (tertiary/aromatic N) is 1. The highest BCUT2D eigenvalue weighted by atomic mass is 16.2. The van der Waals surface area contributed by atoms with Crippen LogP contribution in [0, 0.1) is 5.92 Å². The molecule has 0 aromatic rings. The lowest BCUT2D eigenvalue weighted by Crippen LogP contribution is -2.39. The molecule has 0 fully saturated rings. The number of rotatable bonds is 7. The topological polar surface area (TPSA) is 46.3 Å². The molecule has 2 N–H and O–H groups in total. The van der Waals surface area contributed by atoms with E-state index in [2.05, 4.69) is 13.8 Å². The highest BCUT2D eigenvalue weighted by Crippen LogP contribution is 2.09. The number of hydrogen-bond donors (Lipinski definition) is 1. The fourth-order valence-corrected chi connectivity index (χ4v) is 1.64. The predicted molar refractivity (Wildman–Crippen MR) is 60.0 cm³/mol. The standard InChI is InChI=1S/C11H24N2O/c1-4-7-10(9-12)11(14)13(6-3)8-5-2/h10H,4-9,12H2,1-3H3. The minimum atomic E-state index is 0.0338. The van der Waals surface area contributed by atoms with E-state index in [-0.39, 0.29) is 11.8 Å². The molecule has 0 aliphatic heterocycles. The molecule has 0 radical (unpaired) electrons. The molecule has 0 spiro atoms. The van der Waals surface area contributed by atoms with Gasteiger partial charge in [0.25, 0.3) is 0 Å². The van der Waals surface area contributed by atoms with Gasteiger partial charge in [-0.15, -0.1) is 0 Å². The average Bonchev–Trinajstić information content (AvgIpc) is 2.21. The van der Waals surface area contributed by atoms with E-state index < -0.39 is 0 Å². The van der Waals surface area contributed by atoms with Crippen LogP contribution in [0.3, 0.4) is 0 Å².